The molecule has 0 bridgehead atoms. The van der Waals surface area contributed by atoms with Gasteiger partial charge in [-0.1, -0.05) is 16.8 Å². The summed E-state index contributed by atoms with van der Waals surface area (Å²) in [6.07, 6.45) is 3.33. The summed E-state index contributed by atoms with van der Waals surface area (Å²) in [6.45, 7) is 1.98. The molecule has 0 amide bonds. The number of rotatable bonds is 2. The molecule has 90 valence electrons. The van der Waals surface area contributed by atoms with E-state index in [-0.39, 0.29) is 0 Å². The fourth-order valence-corrected chi connectivity index (χ4v) is 1.67. The van der Waals surface area contributed by atoms with Crippen LogP contribution in [0.3, 0.4) is 0 Å². The smallest absolute Gasteiger partial charge is 0.260 e. The lowest BCUT2D eigenvalue weighted by atomic mass is 10.1. The molecule has 6 heteroatoms. The van der Waals surface area contributed by atoms with Crippen LogP contribution in [0.25, 0.3) is 23.1 Å². The SMILES string of the molecule is Cc1ccc(N)c(-c2nc(-c3ncc[nH]3)no2)c1. The second kappa shape index (κ2) is 3.99. The summed E-state index contributed by atoms with van der Waals surface area (Å²) in [6, 6.07) is 5.67. The van der Waals surface area contributed by atoms with Gasteiger partial charge in [-0.05, 0) is 19.1 Å². The molecule has 1 aromatic carbocycles. The molecular formula is C12H11N5O. The molecule has 0 aliphatic heterocycles. The summed E-state index contributed by atoms with van der Waals surface area (Å²) < 4.78 is 5.21. The first kappa shape index (κ1) is 10.5. The van der Waals surface area contributed by atoms with E-state index in [1.165, 1.54) is 0 Å². The Hall–Kier alpha value is -2.63. The molecule has 3 aromatic rings. The van der Waals surface area contributed by atoms with Crippen LogP contribution in [0.4, 0.5) is 5.69 Å². The number of aryl methyl sites for hydroxylation is 1. The highest BCUT2D eigenvalue weighted by Gasteiger charge is 2.14. The van der Waals surface area contributed by atoms with Crippen LogP contribution in [0.1, 0.15) is 5.56 Å². The fraction of sp³-hybridized carbons (Fsp3) is 0.0833. The number of nitrogens with two attached hydrogens (primary N) is 1. The van der Waals surface area contributed by atoms with Crippen molar-refractivity contribution in [3.05, 3.63) is 36.2 Å². The number of aromatic amines is 1. The molecule has 0 saturated heterocycles. The van der Waals surface area contributed by atoms with Crippen LogP contribution in [-0.4, -0.2) is 20.1 Å². The molecule has 0 aliphatic carbocycles. The lowest BCUT2D eigenvalue weighted by Gasteiger charge is -2.01. The number of imidazole rings is 1. The second-order valence-corrected chi connectivity index (χ2v) is 3.95. The zero-order valence-corrected chi connectivity index (χ0v) is 9.71. The van der Waals surface area contributed by atoms with E-state index in [0.29, 0.717) is 23.2 Å². The zero-order chi connectivity index (χ0) is 12.5. The number of aromatic nitrogens is 4. The fourth-order valence-electron chi connectivity index (χ4n) is 1.67. The minimum absolute atomic E-state index is 0.391. The number of hydrogen-bond acceptors (Lipinski definition) is 5. The van der Waals surface area contributed by atoms with E-state index < -0.39 is 0 Å². The van der Waals surface area contributed by atoms with Crippen molar-refractivity contribution in [3.8, 4) is 23.1 Å². The van der Waals surface area contributed by atoms with E-state index in [2.05, 4.69) is 20.1 Å². The average Bonchev–Trinajstić information content (AvgIpc) is 3.00. The number of benzene rings is 1. The Morgan fingerprint density at radius 3 is 3.00 bits per heavy atom. The van der Waals surface area contributed by atoms with Gasteiger partial charge in [0.2, 0.25) is 5.82 Å². The number of H-pyrrole nitrogens is 1. The normalized spacial score (nSPS) is 10.7. The summed E-state index contributed by atoms with van der Waals surface area (Å²) in [7, 11) is 0. The topological polar surface area (TPSA) is 93.6 Å². The first-order valence-corrected chi connectivity index (χ1v) is 5.44. The Labute approximate surface area is 103 Å². The third-order valence-corrected chi connectivity index (χ3v) is 2.58. The van der Waals surface area contributed by atoms with E-state index in [0.717, 1.165) is 11.1 Å². The number of anilines is 1. The highest BCUT2D eigenvalue weighted by Crippen LogP contribution is 2.26. The van der Waals surface area contributed by atoms with Gasteiger partial charge in [0.25, 0.3) is 5.89 Å². The predicted octanol–water partition coefficient (Wildman–Crippen LogP) is 2.02. The van der Waals surface area contributed by atoms with E-state index in [4.69, 9.17) is 10.3 Å². The van der Waals surface area contributed by atoms with Gasteiger partial charge in [0.15, 0.2) is 5.82 Å². The molecule has 0 spiro atoms. The number of nitrogens with zero attached hydrogens (tertiary/aromatic N) is 3. The third kappa shape index (κ3) is 1.73. The van der Waals surface area contributed by atoms with E-state index in [1.54, 1.807) is 12.4 Å². The van der Waals surface area contributed by atoms with E-state index >= 15 is 0 Å². The van der Waals surface area contributed by atoms with Gasteiger partial charge in [-0.2, -0.15) is 4.98 Å². The molecule has 18 heavy (non-hydrogen) atoms. The van der Waals surface area contributed by atoms with Crippen molar-refractivity contribution in [3.63, 3.8) is 0 Å². The number of hydrogen-bond donors (Lipinski definition) is 2. The van der Waals surface area contributed by atoms with Crippen molar-refractivity contribution in [1.82, 2.24) is 20.1 Å². The molecular weight excluding hydrogens is 230 g/mol. The van der Waals surface area contributed by atoms with Gasteiger partial charge in [-0.3, -0.25) is 0 Å². The first-order valence-electron chi connectivity index (χ1n) is 5.44. The Morgan fingerprint density at radius 1 is 1.33 bits per heavy atom. The highest BCUT2D eigenvalue weighted by atomic mass is 16.5. The standard InChI is InChI=1S/C12H11N5O/c1-7-2-3-9(13)8(6-7)12-16-11(17-18-12)10-14-4-5-15-10/h2-6H,13H2,1H3,(H,14,15). The van der Waals surface area contributed by atoms with Gasteiger partial charge >= 0.3 is 0 Å². The molecule has 0 saturated carbocycles. The maximum atomic E-state index is 5.90. The lowest BCUT2D eigenvalue weighted by molar-refractivity contribution is 0.432. The van der Waals surface area contributed by atoms with E-state index in [9.17, 15) is 0 Å². The van der Waals surface area contributed by atoms with Crippen molar-refractivity contribution in [2.45, 2.75) is 6.92 Å². The van der Waals surface area contributed by atoms with Crippen molar-refractivity contribution >= 4 is 5.69 Å². The van der Waals surface area contributed by atoms with Crippen LogP contribution < -0.4 is 5.73 Å². The van der Waals surface area contributed by atoms with Crippen LogP contribution in [0.2, 0.25) is 0 Å². The Bertz CT molecular complexity index is 672. The summed E-state index contributed by atoms with van der Waals surface area (Å²) in [5.41, 5.74) is 8.32. The minimum atomic E-state index is 0.391. The number of nitrogen functional groups attached to an aromatic ring is 1. The molecule has 0 unspecified atom stereocenters. The maximum Gasteiger partial charge on any atom is 0.260 e. The molecule has 2 aromatic heterocycles. The van der Waals surface area contributed by atoms with Crippen LogP contribution in [0, 0.1) is 6.92 Å². The molecule has 0 radical (unpaired) electrons. The van der Waals surface area contributed by atoms with Crippen molar-refractivity contribution in [2.24, 2.45) is 0 Å². The van der Waals surface area contributed by atoms with Crippen LogP contribution >= 0.6 is 0 Å². The van der Waals surface area contributed by atoms with Crippen molar-refractivity contribution in [2.75, 3.05) is 5.73 Å². The third-order valence-electron chi connectivity index (χ3n) is 2.58. The molecule has 2 heterocycles. The molecule has 3 rings (SSSR count). The molecule has 0 aliphatic rings. The van der Waals surface area contributed by atoms with E-state index in [1.807, 2.05) is 25.1 Å². The van der Waals surface area contributed by atoms with Gasteiger partial charge < -0.3 is 15.2 Å². The largest absolute Gasteiger partial charge is 0.398 e. The average molecular weight is 241 g/mol. The summed E-state index contributed by atoms with van der Waals surface area (Å²) in [4.78, 5) is 11.3. The van der Waals surface area contributed by atoms with Gasteiger partial charge in [-0.15, -0.1) is 0 Å². The molecule has 3 N–H and O–H groups in total. The van der Waals surface area contributed by atoms with Crippen LogP contribution in [-0.2, 0) is 0 Å². The van der Waals surface area contributed by atoms with Gasteiger partial charge in [0, 0.05) is 18.1 Å². The summed E-state index contributed by atoms with van der Waals surface area (Å²) in [5.74, 6) is 1.37. The van der Waals surface area contributed by atoms with Gasteiger partial charge in [0.1, 0.15) is 0 Å². The number of nitrogens with one attached hydrogen (secondary N) is 1. The molecule has 6 nitrogen and oxygen atoms in total. The molecule has 0 atom stereocenters. The Balaban J connectivity index is 2.05. The van der Waals surface area contributed by atoms with Crippen molar-refractivity contribution in [1.29, 1.82) is 0 Å². The second-order valence-electron chi connectivity index (χ2n) is 3.95. The molecule has 0 fully saturated rings. The van der Waals surface area contributed by atoms with Crippen LogP contribution in [0.15, 0.2) is 35.1 Å². The maximum absolute atomic E-state index is 5.90. The zero-order valence-electron chi connectivity index (χ0n) is 9.71. The van der Waals surface area contributed by atoms with Gasteiger partial charge in [-0.25, -0.2) is 4.98 Å². The Kier molecular flexibility index (Phi) is 2.33. The van der Waals surface area contributed by atoms with Crippen molar-refractivity contribution < 1.29 is 4.52 Å². The lowest BCUT2D eigenvalue weighted by Crippen LogP contribution is -1.91. The van der Waals surface area contributed by atoms with Crippen LogP contribution in [0.5, 0.6) is 0 Å². The Morgan fingerprint density at radius 2 is 2.22 bits per heavy atom. The quantitative estimate of drug-likeness (QED) is 0.669. The predicted molar refractivity (Wildman–Crippen MR) is 66.5 cm³/mol. The monoisotopic (exact) mass is 241 g/mol. The first-order chi connectivity index (χ1) is 8.74. The highest BCUT2D eigenvalue weighted by molar-refractivity contribution is 5.71. The summed E-state index contributed by atoms with van der Waals surface area (Å²) >= 11 is 0. The van der Waals surface area contributed by atoms with Gasteiger partial charge in [0.05, 0.1) is 5.56 Å². The summed E-state index contributed by atoms with van der Waals surface area (Å²) in [5, 5.41) is 3.87. The minimum Gasteiger partial charge on any atom is -0.398 e.